The molecule has 12 heteroatoms. The highest BCUT2D eigenvalue weighted by Crippen LogP contribution is 2.60. The van der Waals surface area contributed by atoms with Gasteiger partial charge in [0.2, 0.25) is 0 Å². The van der Waals surface area contributed by atoms with Gasteiger partial charge in [-0.25, -0.2) is 9.40 Å². The molecule has 2 bridgehead atoms. The lowest BCUT2D eigenvalue weighted by molar-refractivity contribution is -0.157. The van der Waals surface area contributed by atoms with Gasteiger partial charge >= 0.3 is 0 Å². The first-order chi connectivity index (χ1) is 18.1. The molecule has 1 aliphatic heterocycles. The van der Waals surface area contributed by atoms with Crippen LogP contribution in [-0.2, 0) is 9.59 Å². The predicted octanol–water partition coefficient (Wildman–Crippen LogP) is 6.15. The van der Waals surface area contributed by atoms with Crippen molar-refractivity contribution in [2.75, 3.05) is 5.88 Å². The van der Waals surface area contributed by atoms with Crippen LogP contribution in [0.25, 0.3) is 0 Å². The molecule has 6 nitrogen and oxygen atoms in total. The highest BCUT2D eigenvalue weighted by molar-refractivity contribution is 9.12. The standard InChI is InChI=1S/C26H20Br2Cl3FN2O4/c27-21-15-10-16(22(21)28)20-19(15)25(37)34(26(20)38)33(24(36)14-6-3-12(30)9-17(14)31)18(7-8-29)23(35)11-1-4-13(32)5-2-11/h1-6,9,15-16,18-22H,7-8,10H2/t15-,16-,18+,19-,20+,21+,22+/m1/s1. The summed E-state index contributed by atoms with van der Waals surface area (Å²) in [5, 5.41) is 2.00. The molecule has 0 spiro atoms. The molecule has 1 heterocycles. The Morgan fingerprint density at radius 2 is 1.58 bits per heavy atom. The van der Waals surface area contributed by atoms with Crippen LogP contribution >= 0.6 is 66.7 Å². The number of Topliss-reactive ketones (excluding diaryl/α,β-unsaturated/α-hetero) is 1. The first-order valence-electron chi connectivity index (χ1n) is 11.9. The number of benzene rings is 2. The van der Waals surface area contributed by atoms with Crippen molar-refractivity contribution in [2.45, 2.75) is 28.5 Å². The third-order valence-electron chi connectivity index (χ3n) is 7.66. The van der Waals surface area contributed by atoms with Gasteiger partial charge in [0, 0.05) is 26.1 Å². The van der Waals surface area contributed by atoms with E-state index in [0.717, 1.165) is 22.2 Å². The summed E-state index contributed by atoms with van der Waals surface area (Å²) in [6.45, 7) is 0. The zero-order valence-electron chi connectivity index (χ0n) is 19.5. The van der Waals surface area contributed by atoms with Gasteiger partial charge in [0.15, 0.2) is 5.78 Å². The number of ketones is 1. The summed E-state index contributed by atoms with van der Waals surface area (Å²) >= 11 is 25.8. The second kappa shape index (κ2) is 10.8. The Morgan fingerprint density at radius 1 is 1.00 bits per heavy atom. The van der Waals surface area contributed by atoms with Gasteiger partial charge in [-0.05, 0) is 67.1 Å². The van der Waals surface area contributed by atoms with E-state index in [-0.39, 0.29) is 55.0 Å². The molecule has 7 atom stereocenters. The van der Waals surface area contributed by atoms with Gasteiger partial charge in [0.25, 0.3) is 17.7 Å². The molecule has 2 aromatic rings. The number of halogens is 6. The second-order valence-corrected chi connectivity index (χ2v) is 13.0. The SMILES string of the molecule is O=C(c1ccc(F)cc1)[C@H](CCCl)N(C(=O)c1ccc(Cl)cc1Cl)N1C(=O)[C@@H]2[C@H]3C[C@@H]([C@H](Br)[C@H]3Br)[C@@H]2C1=O. The largest absolute Gasteiger partial charge is 0.292 e. The Morgan fingerprint density at radius 3 is 2.11 bits per heavy atom. The molecule has 0 aromatic heterocycles. The first kappa shape index (κ1) is 28.0. The summed E-state index contributed by atoms with van der Waals surface area (Å²) < 4.78 is 13.6. The lowest BCUT2D eigenvalue weighted by Gasteiger charge is -2.37. The van der Waals surface area contributed by atoms with Crippen LogP contribution in [0.2, 0.25) is 10.0 Å². The maximum atomic E-state index is 14.1. The maximum Gasteiger partial charge on any atom is 0.275 e. The Bertz CT molecular complexity index is 1300. The van der Waals surface area contributed by atoms with Gasteiger partial charge in [-0.15, -0.1) is 11.6 Å². The molecule has 200 valence electrons. The van der Waals surface area contributed by atoms with Crippen LogP contribution in [-0.4, -0.2) is 55.1 Å². The second-order valence-electron chi connectivity index (χ2n) is 9.63. The smallest absolute Gasteiger partial charge is 0.275 e. The lowest BCUT2D eigenvalue weighted by atomic mass is 9.81. The topological polar surface area (TPSA) is 74.8 Å². The lowest BCUT2D eigenvalue weighted by Crippen LogP contribution is -2.58. The average molecular weight is 710 g/mol. The van der Waals surface area contributed by atoms with Gasteiger partial charge in [-0.1, -0.05) is 55.1 Å². The number of imide groups is 1. The Hall–Kier alpha value is -1.52. The number of carbonyl (C=O) groups excluding carboxylic acids is 4. The van der Waals surface area contributed by atoms with Gasteiger partial charge in [-0.3, -0.25) is 19.2 Å². The molecule has 1 saturated heterocycles. The van der Waals surface area contributed by atoms with Crippen molar-refractivity contribution in [2.24, 2.45) is 23.7 Å². The van der Waals surface area contributed by atoms with Crippen LogP contribution in [0.1, 0.15) is 33.6 Å². The highest BCUT2D eigenvalue weighted by atomic mass is 79.9. The van der Waals surface area contributed by atoms with Gasteiger partial charge < -0.3 is 0 Å². The fraction of sp³-hybridized carbons (Fsp3) is 0.385. The molecule has 3 aliphatic rings. The molecule has 3 amide bonds. The summed E-state index contributed by atoms with van der Waals surface area (Å²) in [4.78, 5) is 55.6. The number of carbonyl (C=O) groups is 4. The molecule has 0 N–H and O–H groups in total. The minimum atomic E-state index is -1.33. The molecular formula is C26H20Br2Cl3FN2O4. The van der Waals surface area contributed by atoms with Gasteiger partial charge in [0.05, 0.1) is 22.4 Å². The molecule has 3 fully saturated rings. The Labute approximate surface area is 250 Å². The molecule has 2 aliphatic carbocycles. The van der Waals surface area contributed by atoms with Crippen LogP contribution in [0.15, 0.2) is 42.5 Å². The summed E-state index contributed by atoms with van der Waals surface area (Å²) in [5.74, 6) is -4.56. The Balaban J connectivity index is 1.62. The van der Waals surface area contributed by atoms with E-state index in [1.165, 1.54) is 30.3 Å². The predicted molar refractivity (Wildman–Crippen MR) is 148 cm³/mol. The molecule has 2 aromatic carbocycles. The third-order valence-corrected chi connectivity index (χ3v) is 11.6. The fourth-order valence-electron chi connectivity index (χ4n) is 5.98. The molecule has 0 unspecified atom stereocenters. The van der Waals surface area contributed by atoms with Crippen molar-refractivity contribution in [1.29, 1.82) is 0 Å². The number of alkyl halides is 3. The van der Waals surface area contributed by atoms with Crippen molar-refractivity contribution in [1.82, 2.24) is 10.0 Å². The number of hydrazine groups is 1. The van der Waals surface area contributed by atoms with Gasteiger partial charge in [-0.2, -0.15) is 5.01 Å². The van der Waals surface area contributed by atoms with Crippen LogP contribution in [0.4, 0.5) is 4.39 Å². The van der Waals surface area contributed by atoms with E-state index in [1.807, 2.05) is 0 Å². The quantitative estimate of drug-likeness (QED) is 0.197. The monoisotopic (exact) mass is 706 g/mol. The minimum absolute atomic E-state index is 0.00763. The van der Waals surface area contributed by atoms with E-state index < -0.39 is 47.2 Å². The number of fused-ring (bicyclic) bond motifs is 5. The van der Waals surface area contributed by atoms with E-state index in [4.69, 9.17) is 34.8 Å². The van der Waals surface area contributed by atoms with Crippen LogP contribution < -0.4 is 0 Å². The Kier molecular flexibility index (Phi) is 7.97. The fourth-order valence-corrected chi connectivity index (χ4v) is 8.55. The molecule has 5 rings (SSSR count). The van der Waals surface area contributed by atoms with Crippen molar-refractivity contribution < 1.29 is 23.6 Å². The minimum Gasteiger partial charge on any atom is -0.292 e. The van der Waals surface area contributed by atoms with E-state index >= 15 is 0 Å². The average Bonchev–Trinajstić information content (AvgIpc) is 3.49. The van der Waals surface area contributed by atoms with E-state index in [2.05, 4.69) is 31.9 Å². The zero-order valence-corrected chi connectivity index (χ0v) is 24.9. The first-order valence-corrected chi connectivity index (χ1v) is 15.0. The maximum absolute atomic E-state index is 14.1. The number of amides is 3. The highest BCUT2D eigenvalue weighted by Gasteiger charge is 2.68. The zero-order chi connectivity index (χ0) is 27.5. The summed E-state index contributed by atoms with van der Waals surface area (Å²) in [5.41, 5.74) is 0.0573. The number of hydrogen-bond donors (Lipinski definition) is 0. The number of rotatable bonds is 7. The molecule has 2 saturated carbocycles. The van der Waals surface area contributed by atoms with Crippen molar-refractivity contribution in [3.05, 3.63) is 69.5 Å². The van der Waals surface area contributed by atoms with Crippen molar-refractivity contribution in [3.8, 4) is 0 Å². The number of hydrogen-bond acceptors (Lipinski definition) is 4. The van der Waals surface area contributed by atoms with Crippen molar-refractivity contribution in [3.63, 3.8) is 0 Å². The third kappa shape index (κ3) is 4.52. The molecular weight excluding hydrogens is 689 g/mol. The summed E-state index contributed by atoms with van der Waals surface area (Å²) in [7, 11) is 0. The summed E-state index contributed by atoms with van der Waals surface area (Å²) in [6, 6.07) is 7.65. The van der Waals surface area contributed by atoms with Crippen LogP contribution in [0.3, 0.4) is 0 Å². The van der Waals surface area contributed by atoms with Crippen LogP contribution in [0, 0.1) is 29.5 Å². The van der Waals surface area contributed by atoms with E-state index in [1.54, 1.807) is 0 Å². The number of nitrogens with zero attached hydrogens (tertiary/aromatic N) is 2. The van der Waals surface area contributed by atoms with E-state index in [9.17, 15) is 23.6 Å². The van der Waals surface area contributed by atoms with Crippen molar-refractivity contribution >= 4 is 90.2 Å². The van der Waals surface area contributed by atoms with E-state index in [0.29, 0.717) is 6.42 Å². The van der Waals surface area contributed by atoms with Gasteiger partial charge in [0.1, 0.15) is 11.9 Å². The molecule has 38 heavy (non-hydrogen) atoms. The molecule has 0 radical (unpaired) electrons. The van der Waals surface area contributed by atoms with Crippen LogP contribution in [0.5, 0.6) is 0 Å². The summed E-state index contributed by atoms with van der Waals surface area (Å²) in [6.07, 6.45) is 0.624. The normalized spacial score (nSPS) is 28.5.